The predicted molar refractivity (Wildman–Crippen MR) is 117 cm³/mol. The fourth-order valence-corrected chi connectivity index (χ4v) is 4.26. The zero-order valence-corrected chi connectivity index (χ0v) is 18.2. The van der Waals surface area contributed by atoms with Gasteiger partial charge in [0.25, 0.3) is 0 Å². The number of hydrogen-bond donors (Lipinski definition) is 1. The number of ether oxygens (including phenoxy) is 5. The van der Waals surface area contributed by atoms with Crippen LogP contribution >= 0.6 is 0 Å². The first-order chi connectivity index (χ1) is 15.7. The Bertz CT molecular complexity index is 902. The number of para-hydroxylation sites is 2. The van der Waals surface area contributed by atoms with Gasteiger partial charge in [0.2, 0.25) is 6.79 Å². The predicted octanol–water partition coefficient (Wildman–Crippen LogP) is 1.75. The smallest absolute Gasteiger partial charge is 0.231 e. The molecule has 8 heteroatoms. The fraction of sp³-hybridized carbons (Fsp3) is 0.500. The molecule has 0 bridgehead atoms. The molecule has 1 saturated heterocycles. The molecule has 172 valence electrons. The molecule has 2 atom stereocenters. The van der Waals surface area contributed by atoms with Gasteiger partial charge in [-0.2, -0.15) is 0 Å². The Kier molecular flexibility index (Phi) is 6.64. The second kappa shape index (κ2) is 9.95. The SMILES string of the molecule is OC(COCC1COc2ccccc2O1)CN1CCN(Cc2ccc3c(c2)OCO3)CC1. The molecule has 0 spiro atoms. The van der Waals surface area contributed by atoms with Crippen molar-refractivity contribution in [2.75, 3.05) is 59.3 Å². The van der Waals surface area contributed by atoms with Crippen molar-refractivity contribution in [3.8, 4) is 23.0 Å². The molecule has 0 saturated carbocycles. The van der Waals surface area contributed by atoms with Crippen LogP contribution in [-0.2, 0) is 11.3 Å². The van der Waals surface area contributed by atoms with Gasteiger partial charge >= 0.3 is 0 Å². The number of nitrogens with zero attached hydrogens (tertiary/aromatic N) is 2. The van der Waals surface area contributed by atoms with Gasteiger partial charge in [0.1, 0.15) is 6.61 Å². The quantitative estimate of drug-likeness (QED) is 0.663. The Hall–Kier alpha value is -2.52. The van der Waals surface area contributed by atoms with Crippen LogP contribution in [0.15, 0.2) is 42.5 Å². The third-order valence-corrected chi connectivity index (χ3v) is 5.96. The fourth-order valence-electron chi connectivity index (χ4n) is 4.26. The van der Waals surface area contributed by atoms with Crippen molar-refractivity contribution in [2.45, 2.75) is 18.8 Å². The van der Waals surface area contributed by atoms with Gasteiger partial charge in [-0.3, -0.25) is 9.80 Å². The summed E-state index contributed by atoms with van der Waals surface area (Å²) in [5.74, 6) is 3.16. The summed E-state index contributed by atoms with van der Waals surface area (Å²) < 4.78 is 28.1. The minimum atomic E-state index is -0.521. The van der Waals surface area contributed by atoms with Gasteiger partial charge in [0, 0.05) is 39.3 Å². The summed E-state index contributed by atoms with van der Waals surface area (Å²) in [5.41, 5.74) is 1.23. The van der Waals surface area contributed by atoms with Crippen LogP contribution in [0.4, 0.5) is 0 Å². The molecule has 0 amide bonds. The molecular formula is C24H30N2O6. The Morgan fingerprint density at radius 1 is 0.906 bits per heavy atom. The number of fused-ring (bicyclic) bond motifs is 2. The largest absolute Gasteiger partial charge is 0.486 e. The van der Waals surface area contributed by atoms with E-state index in [4.69, 9.17) is 23.7 Å². The maximum Gasteiger partial charge on any atom is 0.231 e. The highest BCUT2D eigenvalue weighted by molar-refractivity contribution is 5.44. The first-order valence-electron chi connectivity index (χ1n) is 11.2. The highest BCUT2D eigenvalue weighted by Crippen LogP contribution is 2.33. The van der Waals surface area contributed by atoms with E-state index < -0.39 is 6.10 Å². The molecule has 2 unspecified atom stereocenters. The summed E-state index contributed by atoms with van der Waals surface area (Å²) >= 11 is 0. The van der Waals surface area contributed by atoms with Gasteiger partial charge in [-0.25, -0.2) is 0 Å². The van der Waals surface area contributed by atoms with E-state index in [9.17, 15) is 5.11 Å². The Labute approximate surface area is 188 Å². The highest BCUT2D eigenvalue weighted by atomic mass is 16.7. The van der Waals surface area contributed by atoms with Crippen LogP contribution in [0, 0.1) is 0 Å². The molecule has 3 aliphatic heterocycles. The number of rotatable bonds is 8. The number of aliphatic hydroxyl groups excluding tert-OH is 1. The third-order valence-electron chi connectivity index (χ3n) is 5.96. The van der Waals surface area contributed by atoms with E-state index in [0.29, 0.717) is 33.2 Å². The van der Waals surface area contributed by atoms with E-state index >= 15 is 0 Å². The van der Waals surface area contributed by atoms with Crippen LogP contribution in [-0.4, -0.2) is 86.5 Å². The first kappa shape index (κ1) is 21.3. The lowest BCUT2D eigenvalue weighted by molar-refractivity contribution is -0.0322. The maximum atomic E-state index is 10.4. The molecule has 3 heterocycles. The molecule has 5 rings (SSSR count). The van der Waals surface area contributed by atoms with Crippen molar-refractivity contribution in [3.05, 3.63) is 48.0 Å². The lowest BCUT2D eigenvalue weighted by Gasteiger charge is -2.35. The van der Waals surface area contributed by atoms with E-state index in [1.165, 1.54) is 5.56 Å². The standard InChI is InChI=1S/C24H30N2O6/c27-19(14-28-15-20-16-29-21-3-1-2-4-23(21)32-20)13-26-9-7-25(8-10-26)12-18-5-6-22-24(11-18)31-17-30-22/h1-6,11,19-20,27H,7-10,12-17H2. The monoisotopic (exact) mass is 442 g/mol. The molecule has 2 aromatic rings. The van der Waals surface area contributed by atoms with Crippen molar-refractivity contribution < 1.29 is 28.8 Å². The van der Waals surface area contributed by atoms with Crippen molar-refractivity contribution >= 4 is 0 Å². The average molecular weight is 443 g/mol. The first-order valence-corrected chi connectivity index (χ1v) is 11.2. The number of piperazine rings is 1. The van der Waals surface area contributed by atoms with Crippen LogP contribution < -0.4 is 18.9 Å². The number of aliphatic hydroxyl groups is 1. The highest BCUT2D eigenvalue weighted by Gasteiger charge is 2.23. The second-order valence-corrected chi connectivity index (χ2v) is 8.45. The molecular weight excluding hydrogens is 412 g/mol. The van der Waals surface area contributed by atoms with E-state index in [-0.39, 0.29) is 6.10 Å². The van der Waals surface area contributed by atoms with Crippen molar-refractivity contribution in [2.24, 2.45) is 0 Å². The van der Waals surface area contributed by atoms with Gasteiger partial charge in [0.05, 0.1) is 19.3 Å². The van der Waals surface area contributed by atoms with E-state index in [1.54, 1.807) is 0 Å². The summed E-state index contributed by atoms with van der Waals surface area (Å²) in [6.07, 6.45) is -0.677. The summed E-state index contributed by atoms with van der Waals surface area (Å²) in [4.78, 5) is 4.72. The van der Waals surface area contributed by atoms with Gasteiger partial charge in [-0.15, -0.1) is 0 Å². The summed E-state index contributed by atoms with van der Waals surface area (Å²) in [6, 6.07) is 13.8. The molecule has 1 fully saturated rings. The minimum absolute atomic E-state index is 0.156. The Balaban J connectivity index is 0.986. The normalized spacial score (nSPS) is 21.5. The van der Waals surface area contributed by atoms with Crippen molar-refractivity contribution in [1.29, 1.82) is 0 Å². The van der Waals surface area contributed by atoms with E-state index in [2.05, 4.69) is 21.9 Å². The van der Waals surface area contributed by atoms with Crippen LogP contribution in [0.2, 0.25) is 0 Å². The third kappa shape index (κ3) is 5.27. The van der Waals surface area contributed by atoms with Crippen LogP contribution in [0.1, 0.15) is 5.56 Å². The zero-order chi connectivity index (χ0) is 21.8. The van der Waals surface area contributed by atoms with Crippen molar-refractivity contribution in [1.82, 2.24) is 9.80 Å². The molecule has 1 N–H and O–H groups in total. The molecule has 8 nitrogen and oxygen atoms in total. The molecule has 2 aromatic carbocycles. The summed E-state index contributed by atoms with van der Waals surface area (Å²) in [7, 11) is 0. The Morgan fingerprint density at radius 3 is 2.53 bits per heavy atom. The zero-order valence-electron chi connectivity index (χ0n) is 18.2. The lowest BCUT2D eigenvalue weighted by Crippen LogP contribution is -2.48. The Morgan fingerprint density at radius 2 is 1.66 bits per heavy atom. The molecule has 3 aliphatic rings. The maximum absolute atomic E-state index is 10.4. The van der Waals surface area contributed by atoms with Gasteiger partial charge in [0.15, 0.2) is 29.1 Å². The minimum Gasteiger partial charge on any atom is -0.486 e. The van der Waals surface area contributed by atoms with Crippen LogP contribution in [0.5, 0.6) is 23.0 Å². The molecule has 32 heavy (non-hydrogen) atoms. The van der Waals surface area contributed by atoms with Gasteiger partial charge < -0.3 is 28.8 Å². The second-order valence-electron chi connectivity index (χ2n) is 8.45. The summed E-state index contributed by atoms with van der Waals surface area (Å²) in [6.45, 7) is 6.75. The number of hydrogen-bond acceptors (Lipinski definition) is 8. The topological polar surface area (TPSA) is 72.9 Å². The van der Waals surface area contributed by atoms with Crippen LogP contribution in [0.3, 0.4) is 0 Å². The van der Waals surface area contributed by atoms with Gasteiger partial charge in [-0.1, -0.05) is 18.2 Å². The van der Waals surface area contributed by atoms with E-state index in [0.717, 1.165) is 55.7 Å². The average Bonchev–Trinajstić information content (AvgIpc) is 3.28. The van der Waals surface area contributed by atoms with Gasteiger partial charge in [-0.05, 0) is 29.8 Å². The van der Waals surface area contributed by atoms with Crippen molar-refractivity contribution in [3.63, 3.8) is 0 Å². The molecule has 0 aliphatic carbocycles. The molecule has 0 aromatic heterocycles. The van der Waals surface area contributed by atoms with Crippen LogP contribution in [0.25, 0.3) is 0 Å². The number of β-amino-alcohol motifs (C(OH)–C–C–N with tert-alkyl or cyclic N) is 1. The summed E-state index contributed by atoms with van der Waals surface area (Å²) in [5, 5.41) is 10.4. The number of benzene rings is 2. The lowest BCUT2D eigenvalue weighted by atomic mass is 10.1. The van der Waals surface area contributed by atoms with E-state index in [1.807, 2.05) is 30.3 Å². The molecule has 0 radical (unpaired) electrons.